The number of nitro groups is 2. The maximum atomic E-state index is 10.4. The molecule has 11 heteroatoms. The second-order valence-corrected chi connectivity index (χ2v) is 5.17. The van der Waals surface area contributed by atoms with E-state index < -0.39 is 9.85 Å². The molecular formula is C19H27IN6O4. The third kappa shape index (κ3) is 6.76. The zero-order valence-electron chi connectivity index (χ0n) is 14.4. The van der Waals surface area contributed by atoms with Crippen molar-refractivity contribution in [1.29, 1.82) is 0 Å². The highest BCUT2D eigenvalue weighted by Gasteiger charge is 2.07. The number of nitro benzene ring substituents is 2. The van der Waals surface area contributed by atoms with Crippen LogP contribution in [0.25, 0.3) is 21.8 Å². The summed E-state index contributed by atoms with van der Waals surface area (Å²) in [5.41, 5.74) is 1.88. The van der Waals surface area contributed by atoms with Gasteiger partial charge < -0.3 is 0 Å². The minimum absolute atomic E-state index is 0. The third-order valence-electron chi connectivity index (χ3n) is 3.58. The van der Waals surface area contributed by atoms with Crippen molar-refractivity contribution in [3.05, 3.63) is 69.0 Å². The predicted molar refractivity (Wildman–Crippen MR) is 130 cm³/mol. The molecule has 30 heavy (non-hydrogen) atoms. The van der Waals surface area contributed by atoms with Crippen LogP contribution in [0.5, 0.6) is 0 Å². The van der Waals surface area contributed by atoms with Gasteiger partial charge in [-0.05, 0) is 17.1 Å². The minimum atomic E-state index is -0.424. The van der Waals surface area contributed by atoms with E-state index >= 15 is 0 Å². The number of nitrogens with one attached hydrogen (secondary N) is 1. The summed E-state index contributed by atoms with van der Waals surface area (Å²) < 4.78 is 1.68. The summed E-state index contributed by atoms with van der Waals surface area (Å²) in [6.07, 6.45) is 3.17. The van der Waals surface area contributed by atoms with Gasteiger partial charge in [-0.25, -0.2) is 0 Å². The number of non-ortho nitro benzene ring substituents is 2. The maximum absolute atomic E-state index is 10.4. The Morgan fingerprint density at radius 1 is 0.900 bits per heavy atom. The summed E-state index contributed by atoms with van der Waals surface area (Å²) in [4.78, 5) is 21.9. The van der Waals surface area contributed by atoms with E-state index in [0.717, 1.165) is 21.8 Å². The Labute approximate surface area is 188 Å². The van der Waals surface area contributed by atoms with Crippen molar-refractivity contribution in [2.24, 2.45) is 7.05 Å². The van der Waals surface area contributed by atoms with Crippen molar-refractivity contribution in [2.45, 2.75) is 22.3 Å². The molecule has 0 aliphatic rings. The summed E-state index contributed by atoms with van der Waals surface area (Å²) in [7, 11) is 1.80. The fourth-order valence-corrected chi connectivity index (χ4v) is 2.31. The van der Waals surface area contributed by atoms with E-state index in [1.165, 1.54) is 24.3 Å². The van der Waals surface area contributed by atoms with E-state index in [-0.39, 0.29) is 33.7 Å². The van der Waals surface area contributed by atoms with Crippen LogP contribution in [-0.4, -0.2) is 34.8 Å². The van der Waals surface area contributed by atoms with Crippen LogP contribution in [0, 0.1) is 20.2 Å². The number of hydrogen-bond donors (Lipinski definition) is 1. The Morgan fingerprint density at radius 3 is 2.00 bits per heavy atom. The highest BCUT2D eigenvalue weighted by atomic mass is 127. The standard InChI is InChI=1S/C8H7N3O2.C7H5N3O2.CH3I.3CH4/c1-10-8-3-2-7(11(12)13)4-6(8)5-9-10;11-10(12)6-1-2-7-5(3-6)4-8-9-7;1-2;;;/h2-5H,1H3;1-4H,(H,8,9);1H3;3*1H4. The number of aromatic amines is 1. The molecule has 0 saturated heterocycles. The van der Waals surface area contributed by atoms with Gasteiger partial charge in [-0.15, -0.1) is 0 Å². The number of aryl methyl sites for hydroxylation is 1. The molecule has 0 fully saturated rings. The highest BCUT2D eigenvalue weighted by Crippen LogP contribution is 2.19. The number of halogens is 1. The molecule has 0 spiro atoms. The van der Waals surface area contributed by atoms with Gasteiger partial charge in [-0.2, -0.15) is 10.2 Å². The van der Waals surface area contributed by atoms with Crippen LogP contribution >= 0.6 is 22.6 Å². The molecule has 0 bridgehead atoms. The van der Waals surface area contributed by atoms with Crippen molar-refractivity contribution in [3.8, 4) is 0 Å². The molecule has 164 valence electrons. The Balaban J connectivity index is 0. The lowest BCUT2D eigenvalue weighted by atomic mass is 10.2. The van der Waals surface area contributed by atoms with Crippen LogP contribution in [0.2, 0.25) is 0 Å². The number of benzene rings is 2. The molecule has 1 N–H and O–H groups in total. The van der Waals surface area contributed by atoms with Crippen molar-refractivity contribution in [1.82, 2.24) is 20.0 Å². The lowest BCUT2D eigenvalue weighted by Crippen LogP contribution is -1.90. The van der Waals surface area contributed by atoms with Crippen LogP contribution < -0.4 is 0 Å². The second kappa shape index (κ2) is 13.2. The molecule has 0 radical (unpaired) electrons. The van der Waals surface area contributed by atoms with Crippen LogP contribution in [0.15, 0.2) is 48.8 Å². The number of rotatable bonds is 2. The topological polar surface area (TPSA) is 133 Å². The Kier molecular flexibility index (Phi) is 12.8. The first-order valence-electron chi connectivity index (χ1n) is 7.47. The molecule has 0 aliphatic heterocycles. The largest absolute Gasteiger partial charge is 0.278 e. The zero-order valence-corrected chi connectivity index (χ0v) is 16.5. The number of hydrogen-bond acceptors (Lipinski definition) is 6. The summed E-state index contributed by atoms with van der Waals surface area (Å²) in [6, 6.07) is 9.26. The van der Waals surface area contributed by atoms with E-state index in [1.54, 1.807) is 36.3 Å². The molecular weight excluding hydrogens is 503 g/mol. The first-order chi connectivity index (χ1) is 13.0. The van der Waals surface area contributed by atoms with Crippen molar-refractivity contribution in [3.63, 3.8) is 0 Å². The highest BCUT2D eigenvalue weighted by molar-refractivity contribution is 14.1. The molecule has 2 aromatic heterocycles. The molecule has 0 amide bonds. The normalized spacial score (nSPS) is 8.90. The number of nitrogens with zero attached hydrogens (tertiary/aromatic N) is 5. The molecule has 0 atom stereocenters. The minimum Gasteiger partial charge on any atom is -0.278 e. The summed E-state index contributed by atoms with van der Waals surface area (Å²) >= 11 is 2.15. The Hall–Kier alpha value is -3.09. The molecule has 2 heterocycles. The van der Waals surface area contributed by atoms with E-state index in [4.69, 9.17) is 0 Å². The van der Waals surface area contributed by atoms with Gasteiger partial charge in [0.15, 0.2) is 0 Å². The van der Waals surface area contributed by atoms with Gasteiger partial charge in [-0.3, -0.25) is 30.0 Å². The van der Waals surface area contributed by atoms with Gasteiger partial charge in [-0.1, -0.05) is 44.9 Å². The SMILES string of the molecule is C.C.C.CI.Cn1ncc2cc([N+](=O)[O-])ccc21.O=[N+]([O-])c1ccc2[nH]ncc2c1. The Morgan fingerprint density at radius 2 is 1.43 bits per heavy atom. The van der Waals surface area contributed by atoms with Gasteiger partial charge in [0.2, 0.25) is 0 Å². The van der Waals surface area contributed by atoms with E-state index in [2.05, 4.69) is 37.9 Å². The van der Waals surface area contributed by atoms with Gasteiger partial charge >= 0.3 is 0 Å². The fourth-order valence-electron chi connectivity index (χ4n) is 2.31. The number of fused-ring (bicyclic) bond motifs is 2. The van der Waals surface area contributed by atoms with Crippen LogP contribution in [0.4, 0.5) is 11.4 Å². The van der Waals surface area contributed by atoms with Gasteiger partial charge in [0.25, 0.3) is 11.4 Å². The first-order valence-corrected chi connectivity index (χ1v) is 9.63. The quantitative estimate of drug-likeness (QED) is 0.148. The van der Waals surface area contributed by atoms with E-state index in [1.807, 2.05) is 4.93 Å². The average Bonchev–Trinajstić information content (AvgIpc) is 3.29. The van der Waals surface area contributed by atoms with Gasteiger partial charge in [0, 0.05) is 42.1 Å². The van der Waals surface area contributed by atoms with Crippen molar-refractivity contribution in [2.75, 3.05) is 4.93 Å². The lowest BCUT2D eigenvalue weighted by molar-refractivity contribution is -0.384. The third-order valence-corrected chi connectivity index (χ3v) is 3.58. The molecule has 0 aliphatic carbocycles. The maximum Gasteiger partial charge on any atom is 0.270 e. The van der Waals surface area contributed by atoms with E-state index in [9.17, 15) is 20.2 Å². The molecule has 10 nitrogen and oxygen atoms in total. The molecule has 0 saturated carbocycles. The monoisotopic (exact) mass is 530 g/mol. The molecule has 4 aromatic rings. The predicted octanol–water partition coefficient (Wildman–Crippen LogP) is 5.91. The molecule has 0 unspecified atom stereocenters. The summed E-state index contributed by atoms with van der Waals surface area (Å²) in [6.45, 7) is 0. The zero-order chi connectivity index (χ0) is 20.0. The molecule has 2 aromatic carbocycles. The number of aromatic nitrogens is 4. The average molecular weight is 530 g/mol. The smallest absolute Gasteiger partial charge is 0.270 e. The molecule has 4 rings (SSSR count). The van der Waals surface area contributed by atoms with Crippen LogP contribution in [0.3, 0.4) is 0 Å². The Bertz CT molecular complexity index is 1090. The fraction of sp³-hybridized carbons (Fsp3) is 0.263. The van der Waals surface area contributed by atoms with Gasteiger partial charge in [0.1, 0.15) is 0 Å². The number of alkyl halides is 1. The summed E-state index contributed by atoms with van der Waals surface area (Å²) in [5, 5.41) is 32.8. The first kappa shape index (κ1) is 29.1. The van der Waals surface area contributed by atoms with Crippen molar-refractivity contribution >= 4 is 55.8 Å². The van der Waals surface area contributed by atoms with Crippen LogP contribution in [-0.2, 0) is 7.05 Å². The second-order valence-electron chi connectivity index (χ2n) is 5.17. The lowest BCUT2D eigenvalue weighted by Gasteiger charge is -1.93. The number of H-pyrrole nitrogens is 1. The summed E-state index contributed by atoms with van der Waals surface area (Å²) in [5.74, 6) is 0. The van der Waals surface area contributed by atoms with Crippen LogP contribution in [0.1, 0.15) is 22.3 Å². The van der Waals surface area contributed by atoms with Crippen molar-refractivity contribution < 1.29 is 9.85 Å². The van der Waals surface area contributed by atoms with Gasteiger partial charge in [0.05, 0.1) is 33.3 Å². The van der Waals surface area contributed by atoms with E-state index in [0.29, 0.717) is 0 Å².